The number of fused-ring (bicyclic) bond motifs is 1. The molecule has 0 bridgehead atoms. The highest BCUT2D eigenvalue weighted by Gasteiger charge is 2.24. The SMILES string of the molecule is COc1ccc(C(CSc2nc3ccccc3s2)S(N)(=O)=O)cc1. The molecule has 1 unspecified atom stereocenters. The summed E-state index contributed by atoms with van der Waals surface area (Å²) in [5.74, 6) is 0.982. The summed E-state index contributed by atoms with van der Waals surface area (Å²) in [7, 11) is -2.16. The van der Waals surface area contributed by atoms with Gasteiger partial charge in [0.1, 0.15) is 11.0 Å². The first-order valence-corrected chi connectivity index (χ1v) is 10.5. The van der Waals surface area contributed by atoms with Crippen LogP contribution in [0.4, 0.5) is 0 Å². The van der Waals surface area contributed by atoms with Crippen molar-refractivity contribution in [1.29, 1.82) is 0 Å². The van der Waals surface area contributed by atoms with Gasteiger partial charge in [-0.3, -0.25) is 0 Å². The quantitative estimate of drug-likeness (QED) is 0.663. The smallest absolute Gasteiger partial charge is 0.216 e. The highest BCUT2D eigenvalue weighted by molar-refractivity contribution is 8.02. The lowest BCUT2D eigenvalue weighted by Crippen LogP contribution is -2.23. The van der Waals surface area contributed by atoms with E-state index in [9.17, 15) is 8.42 Å². The predicted octanol–water partition coefficient (Wildman–Crippen LogP) is 3.43. The molecule has 8 heteroatoms. The highest BCUT2D eigenvalue weighted by atomic mass is 32.2. The van der Waals surface area contributed by atoms with Crippen molar-refractivity contribution in [3.8, 4) is 5.75 Å². The van der Waals surface area contributed by atoms with E-state index in [0.717, 1.165) is 14.6 Å². The van der Waals surface area contributed by atoms with E-state index in [2.05, 4.69) is 4.98 Å². The van der Waals surface area contributed by atoms with Crippen molar-refractivity contribution in [2.45, 2.75) is 9.59 Å². The Morgan fingerprint density at radius 2 is 1.92 bits per heavy atom. The summed E-state index contributed by atoms with van der Waals surface area (Å²) < 4.78 is 31.0. The van der Waals surface area contributed by atoms with E-state index in [1.807, 2.05) is 24.3 Å². The largest absolute Gasteiger partial charge is 0.497 e. The molecule has 0 fully saturated rings. The van der Waals surface area contributed by atoms with Crippen molar-refractivity contribution in [1.82, 2.24) is 4.98 Å². The van der Waals surface area contributed by atoms with Gasteiger partial charge in [-0.25, -0.2) is 18.5 Å². The molecule has 3 aromatic rings. The molecule has 24 heavy (non-hydrogen) atoms. The molecular weight excluding hydrogens is 364 g/mol. The number of hydrogen-bond acceptors (Lipinski definition) is 6. The van der Waals surface area contributed by atoms with E-state index >= 15 is 0 Å². The number of nitrogens with two attached hydrogens (primary N) is 1. The van der Waals surface area contributed by atoms with Crippen molar-refractivity contribution in [3.63, 3.8) is 0 Å². The summed E-state index contributed by atoms with van der Waals surface area (Å²) in [6.45, 7) is 0. The molecule has 2 aromatic carbocycles. The van der Waals surface area contributed by atoms with E-state index in [1.165, 1.54) is 11.8 Å². The number of thioether (sulfide) groups is 1. The van der Waals surface area contributed by atoms with Crippen LogP contribution in [-0.2, 0) is 10.0 Å². The molecule has 0 aliphatic rings. The Hall–Kier alpha value is -1.61. The van der Waals surface area contributed by atoms with Gasteiger partial charge in [0.05, 0.1) is 17.3 Å². The lowest BCUT2D eigenvalue weighted by atomic mass is 10.1. The molecule has 0 saturated carbocycles. The normalized spacial score (nSPS) is 13.1. The number of ether oxygens (including phenoxy) is 1. The summed E-state index contributed by atoms with van der Waals surface area (Å²) in [4.78, 5) is 4.51. The molecule has 0 spiro atoms. The molecule has 2 N–H and O–H groups in total. The Morgan fingerprint density at radius 3 is 2.54 bits per heavy atom. The van der Waals surface area contributed by atoms with Crippen LogP contribution in [0, 0.1) is 0 Å². The number of aromatic nitrogens is 1. The fourth-order valence-electron chi connectivity index (χ4n) is 2.26. The number of sulfonamides is 1. The van der Waals surface area contributed by atoms with Crippen molar-refractivity contribution in [2.24, 2.45) is 5.14 Å². The van der Waals surface area contributed by atoms with Gasteiger partial charge in [0.2, 0.25) is 10.0 Å². The summed E-state index contributed by atoms with van der Waals surface area (Å²) in [5.41, 5.74) is 1.56. The van der Waals surface area contributed by atoms with Crippen LogP contribution in [0.3, 0.4) is 0 Å². The number of primary sulfonamides is 1. The number of para-hydroxylation sites is 1. The average Bonchev–Trinajstić information content (AvgIpc) is 2.97. The van der Waals surface area contributed by atoms with E-state index < -0.39 is 15.3 Å². The number of methoxy groups -OCH3 is 1. The number of rotatable bonds is 6. The van der Waals surface area contributed by atoms with Crippen LogP contribution in [0.15, 0.2) is 52.9 Å². The lowest BCUT2D eigenvalue weighted by Gasteiger charge is -2.14. The van der Waals surface area contributed by atoms with Crippen molar-refractivity contribution in [2.75, 3.05) is 12.9 Å². The maximum Gasteiger partial charge on any atom is 0.216 e. The summed E-state index contributed by atoms with van der Waals surface area (Å²) in [6.07, 6.45) is 0. The Balaban J connectivity index is 1.81. The maximum absolute atomic E-state index is 12.0. The number of thiazole rings is 1. The van der Waals surface area contributed by atoms with Crippen LogP contribution in [0.2, 0.25) is 0 Å². The van der Waals surface area contributed by atoms with Gasteiger partial charge in [0.25, 0.3) is 0 Å². The van der Waals surface area contributed by atoms with Crippen LogP contribution in [0.5, 0.6) is 5.75 Å². The monoisotopic (exact) mass is 380 g/mol. The minimum absolute atomic E-state index is 0.311. The molecule has 0 saturated heterocycles. The second-order valence-corrected chi connectivity index (χ2v) is 9.15. The standard InChI is InChI=1S/C16H16N2O3S3/c1-21-12-8-6-11(7-9-12)15(24(17,19)20)10-22-16-18-13-4-2-3-5-14(13)23-16/h2-9,15H,10H2,1H3,(H2,17,19,20). The average molecular weight is 381 g/mol. The number of hydrogen-bond donors (Lipinski definition) is 1. The fraction of sp³-hybridized carbons (Fsp3) is 0.188. The van der Waals surface area contributed by atoms with Gasteiger partial charge in [-0.1, -0.05) is 36.0 Å². The first kappa shape index (κ1) is 17.2. The van der Waals surface area contributed by atoms with Gasteiger partial charge in [-0.05, 0) is 29.8 Å². The zero-order valence-corrected chi connectivity index (χ0v) is 15.3. The van der Waals surface area contributed by atoms with Crippen LogP contribution >= 0.6 is 23.1 Å². The molecule has 0 radical (unpaired) electrons. The molecule has 5 nitrogen and oxygen atoms in total. The van der Waals surface area contributed by atoms with Gasteiger partial charge in [0, 0.05) is 5.75 Å². The van der Waals surface area contributed by atoms with E-state index in [1.54, 1.807) is 42.7 Å². The molecule has 0 amide bonds. The van der Waals surface area contributed by atoms with E-state index in [0.29, 0.717) is 17.1 Å². The molecule has 1 heterocycles. The molecule has 1 atom stereocenters. The molecular formula is C16H16N2O3S3. The van der Waals surface area contributed by atoms with Crippen LogP contribution < -0.4 is 9.88 Å². The van der Waals surface area contributed by atoms with Crippen molar-refractivity contribution < 1.29 is 13.2 Å². The van der Waals surface area contributed by atoms with E-state index in [4.69, 9.17) is 9.88 Å². The molecule has 0 aliphatic carbocycles. The summed E-state index contributed by atoms with van der Waals surface area (Å²) in [5, 5.41) is 4.64. The zero-order chi connectivity index (χ0) is 17.2. The van der Waals surface area contributed by atoms with Crippen LogP contribution in [0.25, 0.3) is 10.2 Å². The number of nitrogens with zero attached hydrogens (tertiary/aromatic N) is 1. The second kappa shape index (κ2) is 7.10. The minimum atomic E-state index is -3.72. The molecule has 3 rings (SSSR count). The third-order valence-electron chi connectivity index (χ3n) is 3.52. The minimum Gasteiger partial charge on any atom is -0.497 e. The first-order valence-electron chi connectivity index (χ1n) is 7.11. The van der Waals surface area contributed by atoms with Gasteiger partial charge in [0.15, 0.2) is 4.34 Å². The van der Waals surface area contributed by atoms with Gasteiger partial charge >= 0.3 is 0 Å². The third-order valence-corrected chi connectivity index (χ3v) is 7.23. The highest BCUT2D eigenvalue weighted by Crippen LogP contribution is 2.34. The van der Waals surface area contributed by atoms with Crippen LogP contribution in [0.1, 0.15) is 10.8 Å². The maximum atomic E-state index is 12.0. The van der Waals surface area contributed by atoms with Crippen molar-refractivity contribution in [3.05, 3.63) is 54.1 Å². The van der Waals surface area contributed by atoms with Gasteiger partial charge in [-0.15, -0.1) is 11.3 Å². The van der Waals surface area contributed by atoms with Gasteiger partial charge < -0.3 is 4.74 Å². The van der Waals surface area contributed by atoms with E-state index in [-0.39, 0.29) is 0 Å². The Morgan fingerprint density at radius 1 is 1.21 bits per heavy atom. The third kappa shape index (κ3) is 3.89. The number of benzene rings is 2. The second-order valence-electron chi connectivity index (χ2n) is 5.11. The zero-order valence-electron chi connectivity index (χ0n) is 12.9. The van der Waals surface area contributed by atoms with Gasteiger partial charge in [-0.2, -0.15) is 0 Å². The Labute approximate surface area is 148 Å². The Kier molecular flexibility index (Phi) is 5.09. The molecule has 1 aromatic heterocycles. The van der Waals surface area contributed by atoms with Crippen molar-refractivity contribution >= 4 is 43.3 Å². The first-order chi connectivity index (χ1) is 11.5. The molecule has 0 aliphatic heterocycles. The Bertz CT molecular complexity index is 904. The predicted molar refractivity (Wildman–Crippen MR) is 99.2 cm³/mol. The lowest BCUT2D eigenvalue weighted by molar-refractivity contribution is 0.414. The topological polar surface area (TPSA) is 82.3 Å². The fourth-order valence-corrected chi connectivity index (χ4v) is 5.81. The van der Waals surface area contributed by atoms with Crippen LogP contribution in [-0.4, -0.2) is 26.3 Å². The molecule has 126 valence electrons. The summed E-state index contributed by atoms with van der Waals surface area (Å²) >= 11 is 2.95. The summed E-state index contributed by atoms with van der Waals surface area (Å²) in [6, 6.07) is 14.8.